The van der Waals surface area contributed by atoms with Gasteiger partial charge in [-0.25, -0.2) is 0 Å². The molecule has 0 unspecified atom stereocenters. The van der Waals surface area contributed by atoms with Gasteiger partial charge in [0.15, 0.2) is 0 Å². The highest BCUT2D eigenvalue weighted by molar-refractivity contribution is 6.03. The fourth-order valence-corrected chi connectivity index (χ4v) is 2.20. The molecule has 1 aromatic heterocycles. The van der Waals surface area contributed by atoms with Crippen LogP contribution in [0.4, 0.5) is 5.69 Å². The predicted octanol–water partition coefficient (Wildman–Crippen LogP) is 3.39. The number of para-hydroxylation sites is 1. The summed E-state index contributed by atoms with van der Waals surface area (Å²) >= 11 is 0. The number of carbonyl (C=O) groups is 2. The molecule has 0 aliphatic carbocycles. The van der Waals surface area contributed by atoms with E-state index in [1.165, 1.54) is 0 Å². The van der Waals surface area contributed by atoms with Crippen molar-refractivity contribution >= 4 is 17.5 Å². The van der Waals surface area contributed by atoms with Gasteiger partial charge in [0.1, 0.15) is 0 Å². The molecule has 0 saturated carbocycles. The van der Waals surface area contributed by atoms with E-state index in [9.17, 15) is 9.59 Å². The molecule has 0 saturated heterocycles. The van der Waals surface area contributed by atoms with Gasteiger partial charge in [-0.1, -0.05) is 32.0 Å². The second-order valence-corrected chi connectivity index (χ2v) is 6.07. The number of pyridine rings is 1. The number of nitrogens with one attached hydrogen (secondary N) is 2. The summed E-state index contributed by atoms with van der Waals surface area (Å²) in [6.07, 6.45) is 4.66. The fraction of sp³-hybridized carbons (Fsp3) is 0.316. The van der Waals surface area contributed by atoms with Crippen LogP contribution in [0.5, 0.6) is 0 Å². The van der Waals surface area contributed by atoms with Gasteiger partial charge in [-0.2, -0.15) is 0 Å². The quantitative estimate of drug-likeness (QED) is 0.820. The van der Waals surface area contributed by atoms with E-state index in [0.717, 1.165) is 12.0 Å². The molecule has 1 aromatic carbocycles. The minimum atomic E-state index is -0.224. The third-order valence-electron chi connectivity index (χ3n) is 3.57. The van der Waals surface area contributed by atoms with Gasteiger partial charge in [-0.05, 0) is 36.1 Å². The van der Waals surface area contributed by atoms with Crippen molar-refractivity contribution in [2.45, 2.75) is 33.2 Å². The molecule has 2 N–H and O–H groups in total. The van der Waals surface area contributed by atoms with E-state index >= 15 is 0 Å². The first-order valence-corrected chi connectivity index (χ1v) is 8.12. The topological polar surface area (TPSA) is 71.1 Å². The van der Waals surface area contributed by atoms with Crippen LogP contribution in [0.3, 0.4) is 0 Å². The van der Waals surface area contributed by atoms with Gasteiger partial charge in [-0.3, -0.25) is 14.6 Å². The van der Waals surface area contributed by atoms with Gasteiger partial charge in [0, 0.05) is 25.4 Å². The zero-order valence-corrected chi connectivity index (χ0v) is 14.1. The maximum atomic E-state index is 12.4. The Balaban J connectivity index is 1.99. The second kappa shape index (κ2) is 8.82. The Morgan fingerprint density at radius 1 is 1.12 bits per heavy atom. The summed E-state index contributed by atoms with van der Waals surface area (Å²) in [5.74, 6) is 0.170. The van der Waals surface area contributed by atoms with E-state index in [-0.39, 0.29) is 11.8 Å². The number of rotatable bonds is 7. The lowest BCUT2D eigenvalue weighted by atomic mass is 10.1. The summed E-state index contributed by atoms with van der Waals surface area (Å²) in [6, 6.07) is 10.7. The monoisotopic (exact) mass is 325 g/mol. The van der Waals surface area contributed by atoms with Crippen LogP contribution in [-0.4, -0.2) is 16.8 Å². The SMILES string of the molecule is CC(C)CCC(=O)Nc1ccccc1C(=O)NCc1cccnc1. The zero-order chi connectivity index (χ0) is 17.4. The molecule has 0 aliphatic rings. The largest absolute Gasteiger partial charge is 0.348 e. The lowest BCUT2D eigenvalue weighted by molar-refractivity contribution is -0.116. The van der Waals surface area contributed by atoms with Crippen molar-refractivity contribution in [3.05, 3.63) is 59.9 Å². The minimum absolute atomic E-state index is 0.0730. The Kier molecular flexibility index (Phi) is 6.49. The van der Waals surface area contributed by atoms with Gasteiger partial charge >= 0.3 is 0 Å². The molecular formula is C19H23N3O2. The van der Waals surface area contributed by atoms with Crippen molar-refractivity contribution in [3.63, 3.8) is 0 Å². The van der Waals surface area contributed by atoms with E-state index in [2.05, 4.69) is 29.5 Å². The number of carbonyl (C=O) groups excluding carboxylic acids is 2. The van der Waals surface area contributed by atoms with Crippen LogP contribution < -0.4 is 10.6 Å². The van der Waals surface area contributed by atoms with Gasteiger partial charge in [0.25, 0.3) is 5.91 Å². The van der Waals surface area contributed by atoms with Gasteiger partial charge in [0.2, 0.25) is 5.91 Å². The Bertz CT molecular complexity index is 684. The molecule has 126 valence electrons. The molecule has 0 spiro atoms. The van der Waals surface area contributed by atoms with Crippen molar-refractivity contribution in [2.24, 2.45) is 5.92 Å². The molecule has 0 aliphatic heterocycles. The van der Waals surface area contributed by atoms with Crippen molar-refractivity contribution in [1.82, 2.24) is 10.3 Å². The molecule has 2 aromatic rings. The normalized spacial score (nSPS) is 10.5. The first-order valence-electron chi connectivity index (χ1n) is 8.12. The van der Waals surface area contributed by atoms with Crippen LogP contribution in [0.25, 0.3) is 0 Å². The fourth-order valence-electron chi connectivity index (χ4n) is 2.20. The molecule has 0 atom stereocenters. The molecular weight excluding hydrogens is 302 g/mol. The Labute approximate surface area is 142 Å². The van der Waals surface area contributed by atoms with Crippen LogP contribution in [-0.2, 0) is 11.3 Å². The number of benzene rings is 1. The molecule has 5 heteroatoms. The van der Waals surface area contributed by atoms with E-state index in [1.807, 2.05) is 12.1 Å². The minimum Gasteiger partial charge on any atom is -0.348 e. The van der Waals surface area contributed by atoms with Gasteiger partial charge in [0.05, 0.1) is 11.3 Å². The van der Waals surface area contributed by atoms with Crippen LogP contribution >= 0.6 is 0 Å². The Morgan fingerprint density at radius 2 is 1.92 bits per heavy atom. The average molecular weight is 325 g/mol. The molecule has 2 rings (SSSR count). The number of amides is 2. The first kappa shape index (κ1) is 17.7. The zero-order valence-electron chi connectivity index (χ0n) is 14.1. The predicted molar refractivity (Wildman–Crippen MR) is 94.6 cm³/mol. The standard InChI is InChI=1S/C19H23N3O2/c1-14(2)9-10-18(23)22-17-8-4-3-7-16(17)19(24)21-13-15-6-5-11-20-12-15/h3-8,11-12,14H,9-10,13H2,1-2H3,(H,21,24)(H,22,23). The lowest BCUT2D eigenvalue weighted by Gasteiger charge is -2.12. The molecule has 5 nitrogen and oxygen atoms in total. The van der Waals surface area contributed by atoms with Crippen molar-refractivity contribution in [3.8, 4) is 0 Å². The Hall–Kier alpha value is -2.69. The highest BCUT2D eigenvalue weighted by Gasteiger charge is 2.13. The number of anilines is 1. The summed E-state index contributed by atoms with van der Waals surface area (Å²) in [6.45, 7) is 4.54. The number of hydrogen-bond donors (Lipinski definition) is 2. The van der Waals surface area contributed by atoms with Crippen molar-refractivity contribution in [2.75, 3.05) is 5.32 Å². The third kappa shape index (κ3) is 5.50. The smallest absolute Gasteiger partial charge is 0.253 e. The molecule has 0 bridgehead atoms. The summed E-state index contributed by atoms with van der Waals surface area (Å²) in [7, 11) is 0. The summed E-state index contributed by atoms with van der Waals surface area (Å²) in [5, 5.41) is 5.68. The molecule has 0 radical (unpaired) electrons. The highest BCUT2D eigenvalue weighted by Crippen LogP contribution is 2.16. The molecule has 2 amide bonds. The first-order chi connectivity index (χ1) is 11.6. The highest BCUT2D eigenvalue weighted by atomic mass is 16.2. The average Bonchev–Trinajstić information content (AvgIpc) is 2.59. The van der Waals surface area contributed by atoms with Gasteiger partial charge < -0.3 is 10.6 Å². The maximum absolute atomic E-state index is 12.4. The maximum Gasteiger partial charge on any atom is 0.253 e. The summed E-state index contributed by atoms with van der Waals surface area (Å²) in [4.78, 5) is 28.4. The van der Waals surface area contributed by atoms with Crippen LogP contribution in [0.15, 0.2) is 48.8 Å². The molecule has 24 heavy (non-hydrogen) atoms. The summed E-state index contributed by atoms with van der Waals surface area (Å²) in [5.41, 5.74) is 1.92. The Morgan fingerprint density at radius 3 is 2.62 bits per heavy atom. The van der Waals surface area contributed by atoms with Crippen LogP contribution in [0.1, 0.15) is 42.6 Å². The van der Waals surface area contributed by atoms with Crippen molar-refractivity contribution < 1.29 is 9.59 Å². The molecule has 0 fully saturated rings. The van der Waals surface area contributed by atoms with Gasteiger partial charge in [-0.15, -0.1) is 0 Å². The number of hydrogen-bond acceptors (Lipinski definition) is 3. The third-order valence-corrected chi connectivity index (χ3v) is 3.57. The second-order valence-electron chi connectivity index (χ2n) is 6.07. The lowest BCUT2D eigenvalue weighted by Crippen LogP contribution is -2.25. The van der Waals surface area contributed by atoms with E-state index in [4.69, 9.17) is 0 Å². The van der Waals surface area contributed by atoms with Crippen LogP contribution in [0, 0.1) is 5.92 Å². The molecule has 1 heterocycles. The van der Waals surface area contributed by atoms with E-state index in [1.54, 1.807) is 36.7 Å². The number of nitrogens with zero attached hydrogens (tertiary/aromatic N) is 1. The van der Waals surface area contributed by atoms with Crippen LogP contribution in [0.2, 0.25) is 0 Å². The summed E-state index contributed by atoms with van der Waals surface area (Å²) < 4.78 is 0. The van der Waals surface area contributed by atoms with E-state index < -0.39 is 0 Å². The van der Waals surface area contributed by atoms with E-state index in [0.29, 0.717) is 30.1 Å². The van der Waals surface area contributed by atoms with Crippen molar-refractivity contribution in [1.29, 1.82) is 0 Å². The number of aromatic nitrogens is 1.